The van der Waals surface area contributed by atoms with E-state index < -0.39 is 33.8 Å². The maximum atomic E-state index is 13.9. The van der Waals surface area contributed by atoms with Crippen molar-refractivity contribution < 1.29 is 19.2 Å². The van der Waals surface area contributed by atoms with Crippen LogP contribution in [-0.2, 0) is 16.2 Å². The molecule has 1 saturated heterocycles. The van der Waals surface area contributed by atoms with Gasteiger partial charge in [0.1, 0.15) is 17.6 Å². The molecule has 3 atom stereocenters. The molecule has 1 fully saturated rings. The number of fused-ring (bicyclic) bond motifs is 2. The first-order valence-electron chi connectivity index (χ1n) is 11.8. The number of rotatable bonds is 6. The van der Waals surface area contributed by atoms with Gasteiger partial charge in [0.05, 0.1) is 21.6 Å². The number of hydrogen-bond acceptors (Lipinski definition) is 8. The molecule has 6 rings (SSSR count). The molecular formula is C27H18ClN3O6S2. The number of carbonyl (C=O) groups is 2. The number of benzene rings is 3. The third-order valence-corrected chi connectivity index (χ3v) is 9.34. The first kappa shape index (κ1) is 25.4. The maximum Gasteiger partial charge on any atom is 0.305 e. The number of para-hydroxylation sites is 1. The summed E-state index contributed by atoms with van der Waals surface area (Å²) in [5.74, 6) is -2.24. The number of nitrogens with zero attached hydrogens (tertiary/aromatic N) is 2. The van der Waals surface area contributed by atoms with Gasteiger partial charge in [-0.05, 0) is 35.9 Å². The van der Waals surface area contributed by atoms with E-state index in [4.69, 9.17) is 16.3 Å². The number of thiazole rings is 1. The lowest BCUT2D eigenvalue weighted by molar-refractivity contribution is -0.385. The number of thioether (sulfide) groups is 1. The van der Waals surface area contributed by atoms with Crippen LogP contribution in [0, 0.1) is 16.0 Å². The Morgan fingerprint density at radius 2 is 1.74 bits per heavy atom. The largest absolute Gasteiger partial charge is 0.489 e. The van der Waals surface area contributed by atoms with E-state index in [1.807, 2.05) is 0 Å². The van der Waals surface area contributed by atoms with E-state index in [0.29, 0.717) is 31.9 Å². The number of H-pyrrole nitrogens is 1. The Labute approximate surface area is 234 Å². The van der Waals surface area contributed by atoms with Gasteiger partial charge < -0.3 is 9.72 Å². The fraction of sp³-hybridized carbons (Fsp3) is 0.148. The third kappa shape index (κ3) is 4.52. The number of aromatic amines is 1. The Bertz CT molecular complexity index is 1670. The number of imide groups is 1. The predicted octanol–water partition coefficient (Wildman–Crippen LogP) is 5.37. The minimum atomic E-state index is -0.901. The molecule has 2 amide bonds. The zero-order valence-corrected chi connectivity index (χ0v) is 22.3. The summed E-state index contributed by atoms with van der Waals surface area (Å²) in [6.07, 6.45) is 0. The van der Waals surface area contributed by atoms with Crippen molar-refractivity contribution in [2.45, 2.75) is 22.8 Å². The van der Waals surface area contributed by atoms with Gasteiger partial charge in [0.25, 0.3) is 5.69 Å². The van der Waals surface area contributed by atoms with Crippen molar-refractivity contribution in [2.75, 3.05) is 4.90 Å². The Balaban J connectivity index is 1.48. The van der Waals surface area contributed by atoms with Crippen molar-refractivity contribution in [3.63, 3.8) is 0 Å². The van der Waals surface area contributed by atoms with Crippen LogP contribution in [0.5, 0.6) is 5.75 Å². The molecule has 1 aromatic heterocycles. The number of aromatic nitrogens is 1. The van der Waals surface area contributed by atoms with Gasteiger partial charge in [-0.3, -0.25) is 24.5 Å². The van der Waals surface area contributed by atoms with Gasteiger partial charge in [0, 0.05) is 33.5 Å². The van der Waals surface area contributed by atoms with E-state index in [9.17, 15) is 24.5 Å². The molecule has 2 aliphatic heterocycles. The van der Waals surface area contributed by atoms with E-state index >= 15 is 0 Å². The topological polar surface area (TPSA) is 123 Å². The molecule has 0 aliphatic carbocycles. The number of halogens is 1. The summed E-state index contributed by atoms with van der Waals surface area (Å²) in [6, 6.07) is 19.9. The zero-order chi connectivity index (χ0) is 27.3. The first-order chi connectivity index (χ1) is 18.8. The minimum absolute atomic E-state index is 0.136. The number of non-ortho nitro benzene ring substituents is 1. The summed E-state index contributed by atoms with van der Waals surface area (Å²) < 4.78 is 6.13. The SMILES string of the molecule is O=C1C2Sc3[nH]c(=O)sc3[C@H](c3cc([N+](=O)[O-])ccc3OCc3ccc(Cl)cc3)C2C(=O)N1c1ccccc1. The van der Waals surface area contributed by atoms with Gasteiger partial charge in [0.2, 0.25) is 11.8 Å². The Morgan fingerprint density at radius 3 is 2.46 bits per heavy atom. The summed E-state index contributed by atoms with van der Waals surface area (Å²) >= 11 is 8.06. The standard InChI is InChI=1S/C27H18ClN3O6S2/c28-15-8-6-14(7-9-15)13-37-19-11-10-17(31(35)36)12-18(19)20-21-23(38-24-22(20)39-27(34)29-24)26(33)30(25(21)32)16-4-2-1-3-5-16/h1-12,20-21,23H,13H2,(H,29,34)/t20-,21?,23?/m1/s1. The van der Waals surface area contributed by atoms with Crippen LogP contribution in [0.4, 0.5) is 11.4 Å². The lowest BCUT2D eigenvalue weighted by atomic mass is 9.82. The maximum absolute atomic E-state index is 13.9. The van der Waals surface area contributed by atoms with E-state index in [1.165, 1.54) is 18.2 Å². The van der Waals surface area contributed by atoms with Gasteiger partial charge in [-0.25, -0.2) is 4.90 Å². The highest BCUT2D eigenvalue weighted by Gasteiger charge is 2.57. The van der Waals surface area contributed by atoms with Crippen LogP contribution in [0.1, 0.15) is 21.9 Å². The number of nitrogens with one attached hydrogen (secondary N) is 1. The molecule has 3 heterocycles. The molecule has 1 N–H and O–H groups in total. The highest BCUT2D eigenvalue weighted by Crippen LogP contribution is 2.55. The van der Waals surface area contributed by atoms with Crippen LogP contribution in [0.25, 0.3) is 0 Å². The molecule has 4 aromatic rings. The first-order valence-corrected chi connectivity index (χ1v) is 13.9. The molecule has 0 radical (unpaired) electrons. The van der Waals surface area contributed by atoms with Gasteiger partial charge >= 0.3 is 4.87 Å². The van der Waals surface area contributed by atoms with Crippen LogP contribution in [0.15, 0.2) is 82.6 Å². The van der Waals surface area contributed by atoms with E-state index in [0.717, 1.165) is 33.6 Å². The lowest BCUT2D eigenvalue weighted by Crippen LogP contribution is -2.32. The molecule has 0 spiro atoms. The number of nitro groups is 1. The molecule has 2 aliphatic rings. The quantitative estimate of drug-likeness (QED) is 0.185. The summed E-state index contributed by atoms with van der Waals surface area (Å²) in [4.78, 5) is 55.3. The van der Waals surface area contributed by atoms with Crippen LogP contribution in [0.3, 0.4) is 0 Å². The second-order valence-electron chi connectivity index (χ2n) is 8.99. The highest BCUT2D eigenvalue weighted by atomic mass is 35.5. The van der Waals surface area contributed by atoms with E-state index in [-0.39, 0.29) is 17.2 Å². The van der Waals surface area contributed by atoms with Crippen LogP contribution in [0.2, 0.25) is 5.02 Å². The molecule has 12 heteroatoms. The Morgan fingerprint density at radius 1 is 1.00 bits per heavy atom. The average Bonchev–Trinajstić information content (AvgIpc) is 3.43. The lowest BCUT2D eigenvalue weighted by Gasteiger charge is -2.30. The number of ether oxygens (including phenoxy) is 1. The monoisotopic (exact) mass is 579 g/mol. The van der Waals surface area contributed by atoms with Crippen molar-refractivity contribution in [1.82, 2.24) is 4.98 Å². The smallest absolute Gasteiger partial charge is 0.305 e. The molecule has 2 unspecified atom stereocenters. The zero-order valence-electron chi connectivity index (χ0n) is 19.9. The summed E-state index contributed by atoms with van der Waals surface area (Å²) in [6.45, 7) is 0.136. The van der Waals surface area contributed by atoms with Gasteiger partial charge in [-0.2, -0.15) is 0 Å². The number of hydrogen-bond donors (Lipinski definition) is 1. The molecule has 0 saturated carbocycles. The van der Waals surface area contributed by atoms with E-state index in [1.54, 1.807) is 54.6 Å². The second kappa shape index (κ2) is 9.99. The second-order valence-corrected chi connectivity index (χ2v) is 11.6. The number of amides is 2. The summed E-state index contributed by atoms with van der Waals surface area (Å²) in [7, 11) is 0. The fourth-order valence-corrected chi connectivity index (χ4v) is 7.58. The van der Waals surface area contributed by atoms with Crippen molar-refractivity contribution >= 4 is 57.9 Å². The van der Waals surface area contributed by atoms with E-state index in [2.05, 4.69) is 4.98 Å². The van der Waals surface area contributed by atoms with Crippen LogP contribution >= 0.6 is 34.7 Å². The number of carbonyl (C=O) groups excluding carboxylic acids is 2. The van der Waals surface area contributed by atoms with Crippen molar-refractivity contribution in [3.05, 3.63) is 114 Å². The molecular weight excluding hydrogens is 562 g/mol. The van der Waals surface area contributed by atoms with Crippen molar-refractivity contribution in [1.29, 1.82) is 0 Å². The van der Waals surface area contributed by atoms with Crippen LogP contribution in [-0.4, -0.2) is 27.0 Å². The van der Waals surface area contributed by atoms with Gasteiger partial charge in [-0.15, -0.1) is 0 Å². The normalized spacial score (nSPS) is 20.0. The van der Waals surface area contributed by atoms with Gasteiger partial charge in [0.15, 0.2) is 0 Å². The molecule has 39 heavy (non-hydrogen) atoms. The third-order valence-electron chi connectivity index (χ3n) is 6.69. The minimum Gasteiger partial charge on any atom is -0.489 e. The molecule has 0 bridgehead atoms. The van der Waals surface area contributed by atoms with Crippen LogP contribution < -0.4 is 14.5 Å². The molecule has 9 nitrogen and oxygen atoms in total. The van der Waals surface area contributed by atoms with Crippen molar-refractivity contribution in [2.24, 2.45) is 5.92 Å². The summed E-state index contributed by atoms with van der Waals surface area (Å²) in [5, 5.41) is 12.0. The van der Waals surface area contributed by atoms with Gasteiger partial charge in [-0.1, -0.05) is 65.0 Å². The Hall–Kier alpha value is -3.93. The predicted molar refractivity (Wildman–Crippen MR) is 148 cm³/mol. The number of anilines is 1. The average molecular weight is 580 g/mol. The molecule has 196 valence electrons. The Kier molecular flexibility index (Phi) is 6.49. The summed E-state index contributed by atoms with van der Waals surface area (Å²) in [5.41, 5.74) is 1.42. The molecule has 3 aromatic carbocycles. The fourth-order valence-electron chi connectivity index (χ4n) is 4.95. The number of nitro benzene ring substituents is 1. The highest BCUT2D eigenvalue weighted by molar-refractivity contribution is 8.00. The van der Waals surface area contributed by atoms with Crippen molar-refractivity contribution in [3.8, 4) is 5.75 Å².